The van der Waals surface area contributed by atoms with Gasteiger partial charge in [0.1, 0.15) is 5.82 Å². The van der Waals surface area contributed by atoms with Crippen molar-refractivity contribution in [3.8, 4) is 11.3 Å². The molecule has 0 fully saturated rings. The van der Waals surface area contributed by atoms with Crippen LogP contribution in [0.4, 0.5) is 4.39 Å². The SMILES string of the molecule is Cc1nn(C)c(-c2ccc(F)cc2)c1Cl. The maximum atomic E-state index is 12.8. The van der Waals surface area contributed by atoms with Crippen LogP contribution in [0.15, 0.2) is 24.3 Å². The summed E-state index contributed by atoms with van der Waals surface area (Å²) in [5.41, 5.74) is 2.46. The highest BCUT2D eigenvalue weighted by Gasteiger charge is 2.12. The Hall–Kier alpha value is -1.35. The van der Waals surface area contributed by atoms with Crippen molar-refractivity contribution in [3.63, 3.8) is 0 Å². The molecule has 15 heavy (non-hydrogen) atoms. The molecule has 0 aliphatic heterocycles. The predicted octanol–water partition coefficient (Wildman–Crippen LogP) is 3.19. The van der Waals surface area contributed by atoms with Crippen molar-refractivity contribution in [2.24, 2.45) is 7.05 Å². The highest BCUT2D eigenvalue weighted by molar-refractivity contribution is 6.33. The van der Waals surface area contributed by atoms with Crippen LogP contribution in [-0.4, -0.2) is 9.78 Å². The number of benzene rings is 1. The second-order valence-electron chi connectivity index (χ2n) is 3.38. The zero-order chi connectivity index (χ0) is 11.0. The smallest absolute Gasteiger partial charge is 0.123 e. The van der Waals surface area contributed by atoms with Gasteiger partial charge in [0.2, 0.25) is 0 Å². The molecule has 0 atom stereocenters. The van der Waals surface area contributed by atoms with Gasteiger partial charge in [0.25, 0.3) is 0 Å². The molecule has 1 aromatic heterocycles. The zero-order valence-corrected chi connectivity index (χ0v) is 9.22. The molecule has 2 nitrogen and oxygen atoms in total. The van der Waals surface area contributed by atoms with Gasteiger partial charge in [-0.25, -0.2) is 4.39 Å². The maximum Gasteiger partial charge on any atom is 0.123 e. The van der Waals surface area contributed by atoms with E-state index in [9.17, 15) is 4.39 Å². The molecule has 0 spiro atoms. The molecule has 0 amide bonds. The summed E-state index contributed by atoms with van der Waals surface area (Å²) in [5, 5.41) is 4.82. The van der Waals surface area contributed by atoms with Crippen LogP contribution in [0.2, 0.25) is 5.02 Å². The van der Waals surface area contributed by atoms with E-state index in [2.05, 4.69) is 5.10 Å². The Labute approximate surface area is 92.3 Å². The van der Waals surface area contributed by atoms with Gasteiger partial charge >= 0.3 is 0 Å². The topological polar surface area (TPSA) is 17.8 Å². The first-order chi connectivity index (χ1) is 7.09. The van der Waals surface area contributed by atoms with E-state index in [0.29, 0.717) is 5.02 Å². The Morgan fingerprint density at radius 2 is 1.87 bits per heavy atom. The number of rotatable bonds is 1. The van der Waals surface area contributed by atoms with Gasteiger partial charge in [-0.15, -0.1) is 0 Å². The molecule has 0 aliphatic rings. The predicted molar refractivity (Wildman–Crippen MR) is 58.3 cm³/mol. The van der Waals surface area contributed by atoms with Gasteiger partial charge in [-0.1, -0.05) is 11.6 Å². The molecule has 2 aromatic rings. The molecule has 0 N–H and O–H groups in total. The fourth-order valence-corrected chi connectivity index (χ4v) is 1.82. The molecular formula is C11H10ClFN2. The molecule has 0 radical (unpaired) electrons. The lowest BCUT2D eigenvalue weighted by molar-refractivity contribution is 0.628. The van der Waals surface area contributed by atoms with Crippen LogP contribution in [0, 0.1) is 12.7 Å². The van der Waals surface area contributed by atoms with E-state index in [0.717, 1.165) is 17.0 Å². The highest BCUT2D eigenvalue weighted by atomic mass is 35.5. The lowest BCUT2D eigenvalue weighted by Crippen LogP contribution is -1.93. The first kappa shape index (κ1) is 10.2. The molecule has 78 valence electrons. The molecule has 0 aliphatic carbocycles. The molecule has 0 saturated carbocycles. The second kappa shape index (κ2) is 3.66. The fraction of sp³-hybridized carbons (Fsp3) is 0.182. The molecule has 1 heterocycles. The van der Waals surface area contributed by atoms with Crippen molar-refractivity contribution in [1.82, 2.24) is 9.78 Å². The van der Waals surface area contributed by atoms with Crippen molar-refractivity contribution >= 4 is 11.6 Å². The second-order valence-corrected chi connectivity index (χ2v) is 3.76. The van der Waals surface area contributed by atoms with E-state index in [1.165, 1.54) is 12.1 Å². The first-order valence-electron chi connectivity index (χ1n) is 4.54. The van der Waals surface area contributed by atoms with E-state index in [-0.39, 0.29) is 5.82 Å². The van der Waals surface area contributed by atoms with E-state index < -0.39 is 0 Å². The number of hydrogen-bond acceptors (Lipinski definition) is 1. The van der Waals surface area contributed by atoms with Crippen molar-refractivity contribution in [1.29, 1.82) is 0 Å². The third kappa shape index (κ3) is 1.75. The van der Waals surface area contributed by atoms with Crippen LogP contribution in [0.3, 0.4) is 0 Å². The average Bonchev–Trinajstić information content (AvgIpc) is 2.44. The number of nitrogens with zero attached hydrogens (tertiary/aromatic N) is 2. The van der Waals surface area contributed by atoms with Gasteiger partial charge in [0.05, 0.1) is 16.4 Å². The number of aromatic nitrogens is 2. The van der Waals surface area contributed by atoms with Gasteiger partial charge in [0, 0.05) is 12.6 Å². The minimum Gasteiger partial charge on any atom is -0.266 e. The summed E-state index contributed by atoms with van der Waals surface area (Å²) in [6.45, 7) is 1.84. The first-order valence-corrected chi connectivity index (χ1v) is 4.92. The number of halogens is 2. The van der Waals surface area contributed by atoms with Crippen LogP contribution in [0.5, 0.6) is 0 Å². The molecule has 0 unspecified atom stereocenters. The number of aryl methyl sites for hydroxylation is 2. The molecule has 0 bridgehead atoms. The zero-order valence-electron chi connectivity index (χ0n) is 8.46. The van der Waals surface area contributed by atoms with Gasteiger partial charge in [0.15, 0.2) is 0 Å². The highest BCUT2D eigenvalue weighted by Crippen LogP contribution is 2.29. The summed E-state index contributed by atoms with van der Waals surface area (Å²) >= 11 is 6.11. The molecule has 0 saturated heterocycles. The molecule has 1 aromatic carbocycles. The molecular weight excluding hydrogens is 215 g/mol. The summed E-state index contributed by atoms with van der Waals surface area (Å²) in [6.07, 6.45) is 0. The number of hydrogen-bond donors (Lipinski definition) is 0. The molecule has 2 rings (SSSR count). The van der Waals surface area contributed by atoms with Crippen molar-refractivity contribution in [2.75, 3.05) is 0 Å². The van der Waals surface area contributed by atoms with Gasteiger partial charge in [-0.05, 0) is 31.2 Å². The van der Waals surface area contributed by atoms with Crippen LogP contribution < -0.4 is 0 Å². The van der Waals surface area contributed by atoms with E-state index in [1.807, 2.05) is 14.0 Å². The van der Waals surface area contributed by atoms with Crippen LogP contribution in [-0.2, 0) is 7.05 Å². The Bertz CT molecular complexity index is 488. The largest absolute Gasteiger partial charge is 0.266 e. The summed E-state index contributed by atoms with van der Waals surface area (Å²) in [5.74, 6) is -0.256. The van der Waals surface area contributed by atoms with Crippen molar-refractivity contribution in [3.05, 3.63) is 40.8 Å². The Kier molecular flexibility index (Phi) is 2.49. The van der Waals surface area contributed by atoms with Crippen molar-refractivity contribution < 1.29 is 4.39 Å². The van der Waals surface area contributed by atoms with Crippen LogP contribution in [0.1, 0.15) is 5.69 Å². The standard InChI is InChI=1S/C11H10ClFN2/c1-7-10(12)11(15(2)14-7)8-3-5-9(13)6-4-8/h3-6H,1-2H3. The van der Waals surface area contributed by atoms with E-state index in [4.69, 9.17) is 11.6 Å². The van der Waals surface area contributed by atoms with E-state index in [1.54, 1.807) is 16.8 Å². The summed E-state index contributed by atoms with van der Waals surface area (Å²) in [4.78, 5) is 0. The lowest BCUT2D eigenvalue weighted by atomic mass is 10.1. The van der Waals surface area contributed by atoms with E-state index >= 15 is 0 Å². The maximum absolute atomic E-state index is 12.8. The van der Waals surface area contributed by atoms with Crippen molar-refractivity contribution in [2.45, 2.75) is 6.92 Å². The lowest BCUT2D eigenvalue weighted by Gasteiger charge is -2.02. The summed E-state index contributed by atoms with van der Waals surface area (Å²) < 4.78 is 14.5. The monoisotopic (exact) mass is 224 g/mol. The third-order valence-electron chi connectivity index (χ3n) is 2.27. The molecule has 4 heteroatoms. The minimum absolute atomic E-state index is 0.256. The minimum atomic E-state index is -0.256. The van der Waals surface area contributed by atoms with Gasteiger partial charge in [-0.2, -0.15) is 5.10 Å². The summed E-state index contributed by atoms with van der Waals surface area (Å²) in [7, 11) is 1.82. The normalized spacial score (nSPS) is 10.7. The van der Waals surface area contributed by atoms with Crippen LogP contribution >= 0.6 is 11.6 Å². The van der Waals surface area contributed by atoms with Gasteiger partial charge < -0.3 is 0 Å². The van der Waals surface area contributed by atoms with Gasteiger partial charge in [-0.3, -0.25) is 4.68 Å². The Balaban J connectivity index is 2.58. The third-order valence-corrected chi connectivity index (χ3v) is 2.72. The quantitative estimate of drug-likeness (QED) is 0.728. The average molecular weight is 225 g/mol. The Morgan fingerprint density at radius 3 is 2.33 bits per heavy atom. The summed E-state index contributed by atoms with van der Waals surface area (Å²) in [6, 6.07) is 6.21. The fourth-order valence-electron chi connectivity index (χ4n) is 1.55. The Morgan fingerprint density at radius 1 is 1.27 bits per heavy atom. The van der Waals surface area contributed by atoms with Crippen LogP contribution in [0.25, 0.3) is 11.3 Å².